The molecule has 1 heterocycles. The lowest BCUT2D eigenvalue weighted by Crippen LogP contribution is -2.43. The molecule has 0 radical (unpaired) electrons. The Labute approximate surface area is 117 Å². The first-order valence-electron chi connectivity index (χ1n) is 7.87. The van der Waals surface area contributed by atoms with Crippen molar-refractivity contribution >= 4 is 0 Å². The minimum atomic E-state index is 0.738. The molecule has 3 rings (SSSR count). The average molecular weight is 258 g/mol. The van der Waals surface area contributed by atoms with E-state index < -0.39 is 0 Å². The number of rotatable bonds is 3. The predicted molar refractivity (Wildman–Crippen MR) is 80.2 cm³/mol. The zero-order valence-corrected chi connectivity index (χ0v) is 11.8. The van der Waals surface area contributed by atoms with Gasteiger partial charge >= 0.3 is 0 Å². The van der Waals surface area contributed by atoms with Crippen LogP contribution in [-0.2, 0) is 0 Å². The van der Waals surface area contributed by atoms with Gasteiger partial charge in [-0.1, -0.05) is 43.2 Å². The first-order chi connectivity index (χ1) is 9.38. The molecule has 2 N–H and O–H groups in total. The monoisotopic (exact) mass is 258 g/mol. The second kappa shape index (κ2) is 6.06. The van der Waals surface area contributed by atoms with E-state index in [1.165, 1.54) is 50.8 Å². The molecule has 1 aliphatic heterocycles. The van der Waals surface area contributed by atoms with Gasteiger partial charge in [-0.15, -0.1) is 0 Å². The number of hydrogen-bond acceptors (Lipinski definition) is 2. The zero-order chi connectivity index (χ0) is 13.1. The van der Waals surface area contributed by atoms with E-state index in [4.69, 9.17) is 5.73 Å². The predicted octanol–water partition coefficient (Wildman–Crippen LogP) is 2.99. The molecule has 19 heavy (non-hydrogen) atoms. The van der Waals surface area contributed by atoms with Crippen molar-refractivity contribution in [3.05, 3.63) is 35.9 Å². The zero-order valence-electron chi connectivity index (χ0n) is 11.8. The molecule has 1 saturated carbocycles. The van der Waals surface area contributed by atoms with Crippen LogP contribution in [0.15, 0.2) is 30.3 Å². The summed E-state index contributed by atoms with van der Waals surface area (Å²) in [6, 6.07) is 11.8. The maximum atomic E-state index is 5.98. The highest BCUT2D eigenvalue weighted by atomic mass is 15.2. The van der Waals surface area contributed by atoms with E-state index in [-0.39, 0.29) is 0 Å². The van der Waals surface area contributed by atoms with Gasteiger partial charge < -0.3 is 5.73 Å². The van der Waals surface area contributed by atoms with Crippen molar-refractivity contribution in [2.24, 2.45) is 11.7 Å². The van der Waals surface area contributed by atoms with E-state index in [0.717, 1.165) is 24.4 Å². The summed E-state index contributed by atoms with van der Waals surface area (Å²) in [6.07, 6.45) is 6.80. The highest BCUT2D eigenvalue weighted by Crippen LogP contribution is 2.34. The second-order valence-corrected chi connectivity index (χ2v) is 6.24. The highest BCUT2D eigenvalue weighted by molar-refractivity contribution is 5.21. The molecule has 1 aromatic carbocycles. The Kier molecular flexibility index (Phi) is 4.19. The molecule has 1 aromatic rings. The number of benzene rings is 1. The summed E-state index contributed by atoms with van der Waals surface area (Å²) >= 11 is 0. The van der Waals surface area contributed by atoms with E-state index in [2.05, 4.69) is 35.2 Å². The van der Waals surface area contributed by atoms with Crippen molar-refractivity contribution in [3.63, 3.8) is 0 Å². The maximum absolute atomic E-state index is 5.98. The molecule has 1 aliphatic carbocycles. The van der Waals surface area contributed by atoms with Crippen LogP contribution in [0.1, 0.15) is 43.6 Å². The molecule has 2 aliphatic rings. The first kappa shape index (κ1) is 13.1. The van der Waals surface area contributed by atoms with Crippen LogP contribution in [-0.4, -0.2) is 30.6 Å². The van der Waals surface area contributed by atoms with Crippen molar-refractivity contribution in [1.82, 2.24) is 4.90 Å². The van der Waals surface area contributed by atoms with E-state index in [1.54, 1.807) is 0 Å². The van der Waals surface area contributed by atoms with E-state index in [0.29, 0.717) is 0 Å². The van der Waals surface area contributed by atoms with Crippen molar-refractivity contribution in [2.45, 2.75) is 44.1 Å². The van der Waals surface area contributed by atoms with Gasteiger partial charge in [0.25, 0.3) is 0 Å². The summed E-state index contributed by atoms with van der Waals surface area (Å²) in [6.45, 7) is 3.38. The van der Waals surface area contributed by atoms with Crippen molar-refractivity contribution < 1.29 is 0 Å². The molecule has 2 heteroatoms. The lowest BCUT2D eigenvalue weighted by Gasteiger charge is -2.37. The Bertz CT molecular complexity index is 390. The summed E-state index contributed by atoms with van der Waals surface area (Å²) in [5, 5.41) is 0. The fraction of sp³-hybridized carbons (Fsp3) is 0.647. The van der Waals surface area contributed by atoms with Crippen LogP contribution in [0.3, 0.4) is 0 Å². The molecule has 1 saturated heterocycles. The molecular formula is C17H26N2. The molecular weight excluding hydrogens is 232 g/mol. The molecule has 0 spiro atoms. The molecule has 3 atom stereocenters. The van der Waals surface area contributed by atoms with Gasteiger partial charge in [0.1, 0.15) is 0 Å². The molecule has 2 fully saturated rings. The molecule has 104 valence electrons. The summed E-state index contributed by atoms with van der Waals surface area (Å²) in [5.41, 5.74) is 7.50. The average Bonchev–Trinajstić information content (AvgIpc) is 2.98. The fourth-order valence-corrected chi connectivity index (χ4v) is 4.03. The van der Waals surface area contributed by atoms with Gasteiger partial charge in [0.05, 0.1) is 0 Å². The Morgan fingerprint density at radius 1 is 1.05 bits per heavy atom. The van der Waals surface area contributed by atoms with Crippen LogP contribution < -0.4 is 5.73 Å². The molecule has 3 unspecified atom stereocenters. The molecule has 0 amide bonds. The van der Waals surface area contributed by atoms with Gasteiger partial charge in [-0.05, 0) is 49.8 Å². The van der Waals surface area contributed by atoms with Crippen LogP contribution in [0.2, 0.25) is 0 Å². The number of likely N-dealkylation sites (tertiary alicyclic amines) is 1. The minimum Gasteiger partial charge on any atom is -0.330 e. The van der Waals surface area contributed by atoms with Gasteiger partial charge in [-0.25, -0.2) is 0 Å². The third kappa shape index (κ3) is 2.85. The summed E-state index contributed by atoms with van der Waals surface area (Å²) in [7, 11) is 0. The van der Waals surface area contributed by atoms with Crippen LogP contribution >= 0.6 is 0 Å². The van der Waals surface area contributed by atoms with Crippen LogP contribution in [0.25, 0.3) is 0 Å². The SMILES string of the molecule is NCC1CCCCC1N1CCC(c2ccccc2)C1. The molecule has 0 aromatic heterocycles. The summed E-state index contributed by atoms with van der Waals surface area (Å²) in [5.74, 6) is 1.48. The molecule has 2 nitrogen and oxygen atoms in total. The normalized spacial score (nSPS) is 32.6. The van der Waals surface area contributed by atoms with E-state index in [1.807, 2.05) is 0 Å². The van der Waals surface area contributed by atoms with Gasteiger partial charge in [0.2, 0.25) is 0 Å². The maximum Gasteiger partial charge on any atom is 0.0136 e. The van der Waals surface area contributed by atoms with Crippen molar-refractivity contribution in [2.75, 3.05) is 19.6 Å². The Hall–Kier alpha value is -0.860. The minimum absolute atomic E-state index is 0.738. The smallest absolute Gasteiger partial charge is 0.0136 e. The number of nitrogens with two attached hydrogens (primary N) is 1. The first-order valence-corrected chi connectivity index (χ1v) is 7.87. The second-order valence-electron chi connectivity index (χ2n) is 6.24. The largest absolute Gasteiger partial charge is 0.330 e. The van der Waals surface area contributed by atoms with Gasteiger partial charge in [-0.2, -0.15) is 0 Å². The third-order valence-corrected chi connectivity index (χ3v) is 5.13. The summed E-state index contributed by atoms with van der Waals surface area (Å²) in [4.78, 5) is 2.73. The Balaban J connectivity index is 1.65. The topological polar surface area (TPSA) is 29.3 Å². The molecule has 0 bridgehead atoms. The quantitative estimate of drug-likeness (QED) is 0.903. The highest BCUT2D eigenvalue weighted by Gasteiger charge is 2.34. The number of hydrogen-bond donors (Lipinski definition) is 1. The third-order valence-electron chi connectivity index (χ3n) is 5.13. The van der Waals surface area contributed by atoms with Crippen LogP contribution in [0.5, 0.6) is 0 Å². The van der Waals surface area contributed by atoms with Crippen molar-refractivity contribution in [3.8, 4) is 0 Å². The van der Waals surface area contributed by atoms with Gasteiger partial charge in [-0.3, -0.25) is 4.90 Å². The number of nitrogens with zero attached hydrogens (tertiary/aromatic N) is 1. The van der Waals surface area contributed by atoms with Crippen molar-refractivity contribution in [1.29, 1.82) is 0 Å². The van der Waals surface area contributed by atoms with Crippen LogP contribution in [0, 0.1) is 5.92 Å². The lowest BCUT2D eigenvalue weighted by atomic mass is 9.83. The van der Waals surface area contributed by atoms with Gasteiger partial charge in [0.15, 0.2) is 0 Å². The Morgan fingerprint density at radius 3 is 2.63 bits per heavy atom. The van der Waals surface area contributed by atoms with Gasteiger partial charge in [0, 0.05) is 12.6 Å². The lowest BCUT2D eigenvalue weighted by molar-refractivity contribution is 0.131. The summed E-state index contributed by atoms with van der Waals surface area (Å²) < 4.78 is 0. The standard InChI is InChI=1S/C17H26N2/c18-12-15-8-4-5-9-17(15)19-11-10-16(13-19)14-6-2-1-3-7-14/h1-3,6-7,15-17H,4-5,8-13,18H2. The Morgan fingerprint density at radius 2 is 1.84 bits per heavy atom. The van der Waals surface area contributed by atoms with Crippen LogP contribution in [0.4, 0.5) is 0 Å². The van der Waals surface area contributed by atoms with E-state index in [9.17, 15) is 0 Å². The van der Waals surface area contributed by atoms with E-state index >= 15 is 0 Å². The fourth-order valence-electron chi connectivity index (χ4n) is 4.03.